The summed E-state index contributed by atoms with van der Waals surface area (Å²) in [7, 11) is 0. The lowest BCUT2D eigenvalue weighted by Crippen LogP contribution is -2.39. The van der Waals surface area contributed by atoms with Gasteiger partial charge in [0.05, 0.1) is 0 Å². The molecule has 0 spiro atoms. The van der Waals surface area contributed by atoms with Crippen LogP contribution in [0, 0.1) is 13.8 Å². The van der Waals surface area contributed by atoms with Crippen molar-refractivity contribution in [3.05, 3.63) is 41.6 Å². The average Bonchev–Trinajstić information content (AvgIpc) is 2.56. The van der Waals surface area contributed by atoms with Gasteiger partial charge in [-0.3, -0.25) is 0 Å². The number of benzene rings is 1. The molecule has 0 bridgehead atoms. The molecule has 1 saturated heterocycles. The van der Waals surface area contributed by atoms with Crippen molar-refractivity contribution in [1.82, 2.24) is 9.97 Å². The lowest BCUT2D eigenvalue weighted by atomic mass is 10.00. The third-order valence-electron chi connectivity index (χ3n) is 4.54. The van der Waals surface area contributed by atoms with Gasteiger partial charge in [-0.15, -0.1) is 0 Å². The van der Waals surface area contributed by atoms with Crippen LogP contribution in [0.5, 0.6) is 0 Å². The smallest absolute Gasteiger partial charge is 0.229 e. The molecule has 1 N–H and O–H groups in total. The maximum atomic E-state index is 4.78. The molecular formula is C19H26N4. The number of piperidine rings is 1. The summed E-state index contributed by atoms with van der Waals surface area (Å²) < 4.78 is 0. The fourth-order valence-electron chi connectivity index (χ4n) is 3.25. The Hall–Kier alpha value is -2.10. The topological polar surface area (TPSA) is 41.1 Å². The van der Waals surface area contributed by atoms with Gasteiger partial charge in [0, 0.05) is 30.0 Å². The first-order valence-corrected chi connectivity index (χ1v) is 8.61. The summed E-state index contributed by atoms with van der Waals surface area (Å²) in [6.07, 6.45) is 5.01. The highest BCUT2D eigenvalue weighted by Gasteiger charge is 2.22. The molecule has 1 aliphatic rings. The molecule has 2 heterocycles. The minimum absolute atomic E-state index is 0.602. The molecule has 4 nitrogen and oxygen atoms in total. The highest BCUT2D eigenvalue weighted by Crippen LogP contribution is 2.26. The number of hydrogen-bond acceptors (Lipinski definition) is 4. The van der Waals surface area contributed by atoms with Gasteiger partial charge >= 0.3 is 0 Å². The van der Waals surface area contributed by atoms with E-state index in [1.54, 1.807) is 0 Å². The van der Waals surface area contributed by atoms with E-state index in [0.717, 1.165) is 23.7 Å². The second-order valence-corrected chi connectivity index (χ2v) is 6.43. The minimum Gasteiger partial charge on any atom is -0.353 e. The fraction of sp³-hybridized carbons (Fsp3) is 0.474. The van der Waals surface area contributed by atoms with Crippen molar-refractivity contribution in [3.63, 3.8) is 0 Å². The molecule has 2 aromatic rings. The van der Waals surface area contributed by atoms with Gasteiger partial charge < -0.3 is 10.2 Å². The molecule has 4 heteroatoms. The molecule has 1 aromatic carbocycles. The first kappa shape index (κ1) is 15.8. The van der Waals surface area contributed by atoms with Crippen LogP contribution in [-0.2, 0) is 0 Å². The van der Waals surface area contributed by atoms with Crippen LogP contribution in [0.4, 0.5) is 17.5 Å². The zero-order valence-corrected chi connectivity index (χ0v) is 14.3. The number of nitrogens with zero attached hydrogens (tertiary/aromatic N) is 3. The van der Waals surface area contributed by atoms with Crippen molar-refractivity contribution in [2.75, 3.05) is 16.8 Å². The summed E-state index contributed by atoms with van der Waals surface area (Å²) in [5.41, 5.74) is 3.28. The van der Waals surface area contributed by atoms with Crippen LogP contribution >= 0.6 is 0 Å². The highest BCUT2D eigenvalue weighted by atomic mass is 15.2. The Morgan fingerprint density at radius 2 is 1.91 bits per heavy atom. The Bertz CT molecular complexity index is 651. The molecule has 3 rings (SSSR count). The molecule has 0 saturated carbocycles. The van der Waals surface area contributed by atoms with E-state index in [0.29, 0.717) is 12.0 Å². The Morgan fingerprint density at radius 3 is 2.65 bits per heavy atom. The summed E-state index contributed by atoms with van der Waals surface area (Å²) in [5, 5.41) is 3.34. The van der Waals surface area contributed by atoms with Gasteiger partial charge in [-0.2, -0.15) is 4.98 Å². The standard InChI is InChI=1S/C19H26N4/c1-4-17-7-5-6-12-23(17)18-13-15(3)20-19(22-18)21-16-10-8-14(2)9-11-16/h8-11,13,17H,4-7,12H2,1-3H3,(H,20,21,22). The SMILES string of the molecule is CCC1CCCCN1c1cc(C)nc(Nc2ccc(C)cc2)n1. The van der Waals surface area contributed by atoms with Crippen LogP contribution in [-0.4, -0.2) is 22.6 Å². The Balaban J connectivity index is 1.85. The summed E-state index contributed by atoms with van der Waals surface area (Å²) >= 11 is 0. The van der Waals surface area contributed by atoms with Crippen molar-refractivity contribution >= 4 is 17.5 Å². The van der Waals surface area contributed by atoms with Crippen molar-refractivity contribution in [2.24, 2.45) is 0 Å². The van der Waals surface area contributed by atoms with Gasteiger partial charge in [-0.05, 0) is 51.7 Å². The van der Waals surface area contributed by atoms with Crippen molar-refractivity contribution < 1.29 is 0 Å². The summed E-state index contributed by atoms with van der Waals surface area (Å²) in [6.45, 7) is 7.49. The molecule has 0 aliphatic carbocycles. The molecule has 0 amide bonds. The van der Waals surface area contributed by atoms with Crippen LogP contribution < -0.4 is 10.2 Å². The average molecular weight is 310 g/mol. The van der Waals surface area contributed by atoms with Crippen molar-refractivity contribution in [1.29, 1.82) is 0 Å². The summed E-state index contributed by atoms with van der Waals surface area (Å²) in [4.78, 5) is 11.8. The minimum atomic E-state index is 0.602. The first-order valence-electron chi connectivity index (χ1n) is 8.61. The van der Waals surface area contributed by atoms with Gasteiger partial charge in [0.15, 0.2) is 0 Å². The molecule has 1 fully saturated rings. The van der Waals surface area contributed by atoms with Crippen molar-refractivity contribution in [3.8, 4) is 0 Å². The highest BCUT2D eigenvalue weighted by molar-refractivity contribution is 5.56. The van der Waals surface area contributed by atoms with Crippen molar-refractivity contribution in [2.45, 2.75) is 52.5 Å². The van der Waals surface area contributed by atoms with E-state index in [-0.39, 0.29) is 0 Å². The van der Waals surface area contributed by atoms with Crippen LogP contribution in [0.3, 0.4) is 0 Å². The van der Waals surface area contributed by atoms with E-state index in [9.17, 15) is 0 Å². The maximum absolute atomic E-state index is 4.78. The van der Waals surface area contributed by atoms with E-state index < -0.39 is 0 Å². The third-order valence-corrected chi connectivity index (χ3v) is 4.54. The van der Waals surface area contributed by atoms with Crippen LogP contribution in [0.25, 0.3) is 0 Å². The molecule has 1 atom stereocenters. The number of anilines is 3. The van der Waals surface area contributed by atoms with E-state index in [4.69, 9.17) is 4.98 Å². The Kier molecular flexibility index (Phi) is 4.79. The summed E-state index contributed by atoms with van der Waals surface area (Å²) in [6, 6.07) is 11.0. The normalized spacial score (nSPS) is 18.0. The quantitative estimate of drug-likeness (QED) is 0.895. The molecule has 23 heavy (non-hydrogen) atoms. The summed E-state index contributed by atoms with van der Waals surface area (Å²) in [5.74, 6) is 1.74. The second kappa shape index (κ2) is 6.99. The monoisotopic (exact) mass is 310 g/mol. The third kappa shape index (κ3) is 3.81. The largest absolute Gasteiger partial charge is 0.353 e. The fourth-order valence-corrected chi connectivity index (χ4v) is 3.25. The lowest BCUT2D eigenvalue weighted by Gasteiger charge is -2.36. The van der Waals surface area contributed by atoms with E-state index in [1.165, 1.54) is 31.2 Å². The van der Waals surface area contributed by atoms with E-state index >= 15 is 0 Å². The molecule has 1 aromatic heterocycles. The van der Waals surface area contributed by atoms with Crippen LogP contribution in [0.2, 0.25) is 0 Å². The van der Waals surface area contributed by atoms with Crippen LogP contribution in [0.15, 0.2) is 30.3 Å². The zero-order valence-electron chi connectivity index (χ0n) is 14.3. The van der Waals surface area contributed by atoms with Gasteiger partial charge in [-0.25, -0.2) is 4.98 Å². The lowest BCUT2D eigenvalue weighted by molar-refractivity contribution is 0.446. The number of hydrogen-bond donors (Lipinski definition) is 1. The molecule has 1 unspecified atom stereocenters. The molecule has 1 aliphatic heterocycles. The maximum Gasteiger partial charge on any atom is 0.229 e. The molecule has 0 radical (unpaired) electrons. The molecular weight excluding hydrogens is 284 g/mol. The number of nitrogens with one attached hydrogen (secondary N) is 1. The number of aryl methyl sites for hydroxylation is 2. The predicted octanol–water partition coefficient (Wildman–Crippen LogP) is 4.61. The van der Waals surface area contributed by atoms with Crippen LogP contribution in [0.1, 0.15) is 43.9 Å². The first-order chi connectivity index (χ1) is 11.2. The Labute approximate surface area is 139 Å². The number of rotatable bonds is 4. The zero-order chi connectivity index (χ0) is 16.2. The Morgan fingerprint density at radius 1 is 1.13 bits per heavy atom. The predicted molar refractivity (Wildman–Crippen MR) is 96.5 cm³/mol. The van der Waals surface area contributed by atoms with E-state index in [1.807, 2.05) is 6.92 Å². The van der Waals surface area contributed by atoms with Gasteiger partial charge in [0.1, 0.15) is 5.82 Å². The molecule has 122 valence electrons. The van der Waals surface area contributed by atoms with Gasteiger partial charge in [0.25, 0.3) is 0 Å². The number of aromatic nitrogens is 2. The van der Waals surface area contributed by atoms with E-state index in [2.05, 4.69) is 59.4 Å². The van der Waals surface area contributed by atoms with Gasteiger partial charge in [-0.1, -0.05) is 24.6 Å². The van der Waals surface area contributed by atoms with Gasteiger partial charge in [0.2, 0.25) is 5.95 Å². The second-order valence-electron chi connectivity index (χ2n) is 6.43.